The fraction of sp³-hybridized carbons (Fsp3) is 0.548. The molecule has 13 heteroatoms. The maximum Gasteiger partial charge on any atom is 0.417 e. The summed E-state index contributed by atoms with van der Waals surface area (Å²) >= 11 is 0. The number of nitrogens with one attached hydrogen (secondary N) is 3. The predicted octanol–water partition coefficient (Wildman–Crippen LogP) is 0.913. The van der Waals surface area contributed by atoms with Gasteiger partial charge < -0.3 is 35.2 Å². The van der Waals surface area contributed by atoms with E-state index >= 15 is 0 Å². The van der Waals surface area contributed by atoms with Gasteiger partial charge in [0.2, 0.25) is 0 Å². The fourth-order valence-corrected chi connectivity index (χ4v) is 4.64. The van der Waals surface area contributed by atoms with Gasteiger partial charge in [0.15, 0.2) is 0 Å². The first-order chi connectivity index (χ1) is 21.4. The van der Waals surface area contributed by atoms with Gasteiger partial charge in [0.25, 0.3) is 0 Å². The molecule has 0 aliphatic carbocycles. The molecule has 4 aliphatic heterocycles. The Bertz CT molecular complexity index is 1180. The Morgan fingerprint density at radius 1 is 0.659 bits per heavy atom. The van der Waals surface area contributed by atoms with Gasteiger partial charge >= 0.3 is 23.8 Å². The van der Waals surface area contributed by atoms with Crippen molar-refractivity contribution in [2.75, 3.05) is 52.5 Å². The molecule has 6 rings (SSSR count). The molecule has 44 heavy (non-hydrogen) atoms. The van der Waals surface area contributed by atoms with Crippen molar-refractivity contribution in [2.24, 2.45) is 0 Å². The van der Waals surface area contributed by atoms with Crippen molar-refractivity contribution in [2.45, 2.75) is 59.3 Å². The van der Waals surface area contributed by atoms with E-state index in [9.17, 15) is 19.2 Å². The lowest BCUT2D eigenvalue weighted by molar-refractivity contribution is -0.167. The van der Waals surface area contributed by atoms with E-state index in [2.05, 4.69) is 53.6 Å². The van der Waals surface area contributed by atoms with Crippen molar-refractivity contribution in [3.63, 3.8) is 0 Å². The molecule has 0 saturated carbocycles. The van der Waals surface area contributed by atoms with E-state index in [1.54, 1.807) is 23.6 Å². The number of aromatic nitrogens is 2. The summed E-state index contributed by atoms with van der Waals surface area (Å²) in [6, 6.07) is 12.0. The monoisotopic (exact) mass is 611 g/mol. The molecule has 2 aromatic rings. The van der Waals surface area contributed by atoms with E-state index in [0.717, 1.165) is 49.0 Å². The van der Waals surface area contributed by atoms with Crippen LogP contribution in [0.1, 0.15) is 55.9 Å². The number of esters is 2. The summed E-state index contributed by atoms with van der Waals surface area (Å²) < 4.78 is 8.69. The van der Waals surface area contributed by atoms with Crippen LogP contribution in [0, 0.1) is 0 Å². The van der Waals surface area contributed by atoms with Crippen LogP contribution < -0.4 is 16.0 Å². The zero-order chi connectivity index (χ0) is 31.6. The normalized spacial score (nSPS) is 17.1. The lowest BCUT2D eigenvalue weighted by Crippen LogP contribution is -2.55. The van der Waals surface area contributed by atoms with E-state index in [0.29, 0.717) is 39.3 Å². The number of nitrogens with zero attached hydrogens (tertiary/aromatic N) is 4. The van der Waals surface area contributed by atoms with Crippen LogP contribution in [-0.4, -0.2) is 96.0 Å². The second kappa shape index (κ2) is 19.4. The van der Waals surface area contributed by atoms with Crippen LogP contribution in [0.2, 0.25) is 0 Å². The first-order valence-corrected chi connectivity index (χ1v) is 15.3. The molecule has 0 unspecified atom stereocenters. The predicted molar refractivity (Wildman–Crippen MR) is 163 cm³/mol. The Balaban J connectivity index is 0.000000190. The molecule has 2 amide bonds. The third kappa shape index (κ3) is 12.0. The van der Waals surface area contributed by atoms with Gasteiger partial charge in [-0.3, -0.25) is 19.6 Å². The number of fused-ring (bicyclic) bond motifs is 7. The summed E-state index contributed by atoms with van der Waals surface area (Å²) in [5, 5.41) is 10.1. The largest absolute Gasteiger partial charge is 0.458 e. The summed E-state index contributed by atoms with van der Waals surface area (Å²) in [5.74, 6) is -2.67. The highest BCUT2D eigenvalue weighted by molar-refractivity contribution is 6.35. The number of hydrogen-bond acceptors (Lipinski definition) is 11. The zero-order valence-corrected chi connectivity index (χ0v) is 25.8. The molecule has 0 spiro atoms. The first kappa shape index (κ1) is 34.5. The van der Waals surface area contributed by atoms with Crippen LogP contribution in [0.5, 0.6) is 0 Å². The number of rotatable bonds is 2. The highest BCUT2D eigenvalue weighted by atomic mass is 16.6. The number of piperazine rings is 1. The van der Waals surface area contributed by atoms with Gasteiger partial charge in [-0.05, 0) is 64.0 Å². The number of carbonyl (C=O) groups is 4. The SMILES string of the molecule is CCOC(=O)C(=O)OCC.O=C1C(=O)N2CCN1CCNCc1cccc(n1)C2.c1cc2nc(c1)CNCCCCCNC2. The molecule has 2 aromatic heterocycles. The van der Waals surface area contributed by atoms with E-state index in [-0.39, 0.29) is 13.2 Å². The van der Waals surface area contributed by atoms with Crippen LogP contribution in [0.15, 0.2) is 36.4 Å². The van der Waals surface area contributed by atoms with Crippen LogP contribution in [0.3, 0.4) is 0 Å². The minimum atomic E-state index is -0.927. The molecule has 0 aromatic carbocycles. The molecule has 0 atom stereocenters. The molecular formula is C31H45N7O6. The minimum Gasteiger partial charge on any atom is -0.458 e. The highest BCUT2D eigenvalue weighted by Gasteiger charge is 2.32. The van der Waals surface area contributed by atoms with Gasteiger partial charge in [-0.15, -0.1) is 0 Å². The summed E-state index contributed by atoms with van der Waals surface area (Å²) in [5.41, 5.74) is 4.09. The maximum absolute atomic E-state index is 12.0. The molecule has 0 radical (unpaired) electrons. The molecule has 6 bridgehead atoms. The average Bonchev–Trinajstić information content (AvgIpc) is 3.02. The Morgan fingerprint density at radius 2 is 1.11 bits per heavy atom. The number of carbonyl (C=O) groups excluding carboxylic acids is 4. The van der Waals surface area contributed by atoms with Gasteiger partial charge in [-0.25, -0.2) is 9.59 Å². The summed E-state index contributed by atoms with van der Waals surface area (Å²) in [4.78, 5) is 57.1. The summed E-state index contributed by atoms with van der Waals surface area (Å²) in [6.07, 6.45) is 3.84. The number of ether oxygens (including phenoxy) is 2. The van der Waals surface area contributed by atoms with Crippen molar-refractivity contribution < 1.29 is 28.7 Å². The van der Waals surface area contributed by atoms with E-state index in [1.165, 1.54) is 19.3 Å². The van der Waals surface area contributed by atoms with Crippen molar-refractivity contribution in [1.29, 1.82) is 0 Å². The van der Waals surface area contributed by atoms with Gasteiger partial charge in [0.1, 0.15) is 0 Å². The molecule has 1 saturated heterocycles. The number of hydrogen-bond donors (Lipinski definition) is 3. The Morgan fingerprint density at radius 3 is 1.66 bits per heavy atom. The van der Waals surface area contributed by atoms with Crippen molar-refractivity contribution in [3.8, 4) is 0 Å². The molecule has 240 valence electrons. The van der Waals surface area contributed by atoms with Crippen LogP contribution in [-0.2, 0) is 54.8 Å². The van der Waals surface area contributed by atoms with Gasteiger partial charge in [0.05, 0.1) is 42.5 Å². The molecule has 1 fully saturated rings. The van der Waals surface area contributed by atoms with Gasteiger partial charge in [-0.1, -0.05) is 18.6 Å². The second-order valence-corrected chi connectivity index (χ2v) is 10.3. The summed E-state index contributed by atoms with van der Waals surface area (Å²) in [7, 11) is 0. The maximum atomic E-state index is 12.0. The minimum absolute atomic E-state index is 0.192. The topological polar surface area (TPSA) is 155 Å². The van der Waals surface area contributed by atoms with Crippen molar-refractivity contribution in [1.82, 2.24) is 35.7 Å². The van der Waals surface area contributed by atoms with Gasteiger partial charge in [0, 0.05) is 45.8 Å². The fourth-order valence-electron chi connectivity index (χ4n) is 4.64. The van der Waals surface area contributed by atoms with Crippen LogP contribution >= 0.6 is 0 Å². The lowest BCUT2D eigenvalue weighted by Gasteiger charge is -2.34. The number of amides is 2. The van der Waals surface area contributed by atoms with Crippen molar-refractivity contribution in [3.05, 3.63) is 59.2 Å². The lowest BCUT2D eigenvalue weighted by atomic mass is 10.2. The molecular weight excluding hydrogens is 566 g/mol. The van der Waals surface area contributed by atoms with Crippen LogP contribution in [0.4, 0.5) is 0 Å². The molecule has 6 heterocycles. The first-order valence-electron chi connectivity index (χ1n) is 15.3. The Hall–Kier alpha value is -3.94. The molecule has 4 aliphatic rings. The average molecular weight is 612 g/mol. The zero-order valence-electron chi connectivity index (χ0n) is 25.8. The third-order valence-corrected chi connectivity index (χ3v) is 6.88. The standard InChI is InChI=1S/C13H16N4O2.C12H19N3.C6H10O4/c18-12-13(19)17-7-6-16(12)5-4-14-8-10-2-1-3-11(9-17)15-10;1-2-7-13-9-11-5-4-6-12(15-11)10-14-8-3-1;1-3-9-5(7)6(8)10-4-2/h1-3,14H,4-9H2;4-6,13-14H,1-3,7-10H2;3-4H2,1-2H3. The molecule has 13 nitrogen and oxygen atoms in total. The third-order valence-electron chi connectivity index (χ3n) is 6.88. The molecule has 3 N–H and O–H groups in total. The summed E-state index contributed by atoms with van der Waals surface area (Å²) in [6.45, 7) is 11.1. The highest BCUT2D eigenvalue weighted by Crippen LogP contribution is 2.11. The Kier molecular flexibility index (Phi) is 15.2. The van der Waals surface area contributed by atoms with Gasteiger partial charge in [-0.2, -0.15) is 0 Å². The second-order valence-electron chi connectivity index (χ2n) is 10.3. The van der Waals surface area contributed by atoms with E-state index < -0.39 is 23.8 Å². The van der Waals surface area contributed by atoms with Crippen molar-refractivity contribution >= 4 is 23.8 Å². The van der Waals surface area contributed by atoms with Crippen LogP contribution in [0.25, 0.3) is 0 Å². The van der Waals surface area contributed by atoms with E-state index in [4.69, 9.17) is 0 Å². The smallest absolute Gasteiger partial charge is 0.417 e. The quantitative estimate of drug-likeness (QED) is 0.328. The number of pyridine rings is 2. The van der Waals surface area contributed by atoms with E-state index in [1.807, 2.05) is 18.2 Å². The Labute approximate surface area is 259 Å².